The summed E-state index contributed by atoms with van der Waals surface area (Å²) in [5, 5.41) is 23.8. The number of likely N-dealkylation sites (tertiary alicyclic amines) is 2. The number of aromatic nitrogens is 8. The first-order valence-corrected chi connectivity index (χ1v) is 33.0. The summed E-state index contributed by atoms with van der Waals surface area (Å²) >= 11 is 10.6. The maximum absolute atomic E-state index is 15.7. The van der Waals surface area contributed by atoms with Crippen LogP contribution in [-0.2, 0) is 73.6 Å². The number of carbonyl (C=O) groups excluding carboxylic acids is 7. The molecule has 4 aromatic heterocycles. The summed E-state index contributed by atoms with van der Waals surface area (Å²) in [5.41, 5.74) is -1.03. The van der Waals surface area contributed by atoms with Gasteiger partial charge in [-0.05, 0) is 87.9 Å². The summed E-state index contributed by atoms with van der Waals surface area (Å²) in [4.78, 5) is 146. The molecule has 0 unspecified atom stereocenters. The zero-order chi connectivity index (χ0) is 74.2. The molecule has 0 bridgehead atoms. The van der Waals surface area contributed by atoms with Crippen molar-refractivity contribution in [3.63, 3.8) is 0 Å². The molecule has 3 aliphatic rings. The molecule has 7 heterocycles. The summed E-state index contributed by atoms with van der Waals surface area (Å²) in [6, 6.07) is 29.7. The second-order valence-electron chi connectivity index (χ2n) is 24.4. The Morgan fingerprint density at radius 1 is 0.638 bits per heavy atom. The normalized spacial score (nSPS) is 16.6. The maximum Gasteiger partial charge on any atom is 1.00 e. The van der Waals surface area contributed by atoms with Gasteiger partial charge in [0.05, 0.1) is 68.5 Å². The second-order valence-corrected chi connectivity index (χ2v) is 25.3. The van der Waals surface area contributed by atoms with Gasteiger partial charge in [0.2, 0.25) is 23.6 Å². The molecule has 3 fully saturated rings. The van der Waals surface area contributed by atoms with Gasteiger partial charge in [0.1, 0.15) is 54.7 Å². The first kappa shape index (κ1) is 87.0. The van der Waals surface area contributed by atoms with E-state index in [2.05, 4.69) is 84.0 Å². The van der Waals surface area contributed by atoms with Gasteiger partial charge in [-0.2, -0.15) is 23.7 Å². The number of Topliss-reactive ketones (excluding diaryl/α,β-unsaturated/α-hetero) is 2. The fraction of sp³-hybridized carbons (Fsp3) is 0.269. The van der Waals surface area contributed by atoms with Crippen molar-refractivity contribution in [3.05, 3.63) is 190 Å². The Hall–Kier alpha value is -6.96. The van der Waals surface area contributed by atoms with E-state index in [1.54, 1.807) is 72.8 Å². The molecule has 3 saturated heterocycles. The van der Waals surface area contributed by atoms with E-state index in [0.717, 1.165) is 14.3 Å². The summed E-state index contributed by atoms with van der Waals surface area (Å²) < 4.78 is 75.7. The Bertz CT molecular complexity index is 5200. The summed E-state index contributed by atoms with van der Waals surface area (Å²) in [6.45, 7) is 8.73. The molecule has 3 aliphatic heterocycles. The number of nitrogens with zero attached hydrogens (tertiary/aromatic N) is 6. The van der Waals surface area contributed by atoms with E-state index >= 15 is 8.78 Å². The number of hydrogen-bond donors (Lipinski definition) is 6. The Morgan fingerprint density at radius 2 is 1.06 bits per heavy atom. The van der Waals surface area contributed by atoms with Crippen LogP contribution in [0.5, 0.6) is 0 Å². The number of carbonyl (C=O) groups is 7. The van der Waals surface area contributed by atoms with Crippen molar-refractivity contribution in [2.45, 2.75) is 103 Å². The van der Waals surface area contributed by atoms with Gasteiger partial charge in [-0.1, -0.05) is 82.7 Å². The van der Waals surface area contributed by atoms with E-state index < -0.39 is 94.9 Å². The Labute approximate surface area is 705 Å². The van der Waals surface area contributed by atoms with Crippen molar-refractivity contribution in [1.82, 2.24) is 49.3 Å². The third-order valence-electron chi connectivity index (χ3n) is 17.1. The molecule has 0 aliphatic carbocycles. The van der Waals surface area contributed by atoms with E-state index in [4.69, 9.17) is 19.4 Å². The van der Waals surface area contributed by atoms with Crippen LogP contribution in [0.1, 0.15) is 76.8 Å². The van der Waals surface area contributed by atoms with Gasteiger partial charge in [0.15, 0.2) is 17.4 Å². The molecule has 6 N–H and O–H groups in total. The molecule has 13 rings (SSSR count). The van der Waals surface area contributed by atoms with Crippen LogP contribution in [0, 0.1) is 11.6 Å². The Morgan fingerprint density at radius 3 is 1.50 bits per heavy atom. The number of alkyl halides is 2. The number of rotatable bonds is 13. The molecule has 27 nitrogen and oxygen atoms in total. The molecular formula is C67H64BBrF4K2N12O15S3. The minimum atomic E-state index is -1.47. The zero-order valence-corrected chi connectivity index (χ0v) is 67.7. The second kappa shape index (κ2) is 37.7. The van der Waals surface area contributed by atoms with Crippen LogP contribution in [0.25, 0.3) is 54.7 Å². The number of fused-ring (bicyclic) bond motifs is 4. The van der Waals surface area contributed by atoms with E-state index in [9.17, 15) is 56.7 Å². The molecule has 10 aromatic rings. The Kier molecular flexibility index (Phi) is 31.2. The fourth-order valence-electron chi connectivity index (χ4n) is 11.6. The Balaban J connectivity index is 0.000000297. The van der Waals surface area contributed by atoms with Crippen molar-refractivity contribution in [2.75, 3.05) is 23.7 Å². The summed E-state index contributed by atoms with van der Waals surface area (Å²) in [5.74, 6) is -4.69. The van der Waals surface area contributed by atoms with Gasteiger partial charge in [0, 0.05) is 75.3 Å². The first-order valence-electron chi connectivity index (χ1n) is 30.9. The average molecular weight is 1620 g/mol. The standard InChI is InChI=1S/C30H24F2N6O5.C28H31BF2N4O5.C8H5BrN2O2.CH2O3.2K.S2.H2S.H/c1-15(39)27-19-5-2-3-8-23(19)38(36-27)14-25(40)37-13-17(31)12-24(37)29(42)33-22-7-4-6-18(26(22)32)16-9-10-21-20(11-16)28(41)35-30(43)34-21;1-16(36)25-18-9-6-7-12-21(18)35(33-25)15-23(37)34-14-17(30)13-22(34)26(38)32-20-11-8-10-19(24(20)31)29-39-27(2,3)28(4,5)40-29;9-4-1-2-6-5(3-4)7(12)11-8(13)10-6;2-1-4-3;;;1-2;;/h2-11,17,24H,12-14H2,1H3,(H,33,42)(H2,34,35,41,43);6-12,17,22H,13-15H2,1-5H3,(H,32,38);1-3H,(H2,10,11,12,13);1,3H;;;;1H2;/q;;;;2*+1;;;-1/p-1/t17-,24+;17-,22+;;;;;;;/m11......./s1. The predicted molar refractivity (Wildman–Crippen MR) is 386 cm³/mol. The summed E-state index contributed by atoms with van der Waals surface area (Å²) in [6.07, 6.45) is -3.40. The van der Waals surface area contributed by atoms with E-state index in [-0.39, 0.29) is 225 Å². The van der Waals surface area contributed by atoms with Crippen LogP contribution in [0.4, 0.5) is 28.9 Å². The number of halogens is 5. The number of para-hydroxylation sites is 2. The molecule has 105 heavy (non-hydrogen) atoms. The SMILES string of the molecule is CC(=O)c1nn(CC(=O)N2C[C@H](F)C[C@H]2C(=O)Nc2cccc(-c3ccc4[nH]c(=O)[nH]c(=O)c4c3)c2F)c2ccccc12.CC(=O)c1nn(CC(=O)N2C[C@H](F)C[C@H]2C(=O)Nc2cccc(B3OC(C)(C)C(C)(C)O3)c2F)c2ccccc12.O=CO[O-].O=c1[nH]c(=O)c2cc(Br)ccc2[nH]1.S.S=S.[H-].[K+].[K+]. The topological polar surface area (TPSA) is 368 Å². The van der Waals surface area contributed by atoms with Crippen LogP contribution in [0.3, 0.4) is 0 Å². The molecule has 0 radical (unpaired) electrons. The third-order valence-corrected chi connectivity index (χ3v) is 17.6. The van der Waals surface area contributed by atoms with Crippen LogP contribution in [0.2, 0.25) is 0 Å². The first-order chi connectivity index (χ1) is 48.5. The minimum Gasteiger partial charge on any atom is -1.00 e. The third kappa shape index (κ3) is 20.1. The van der Waals surface area contributed by atoms with Crippen LogP contribution >= 0.6 is 29.4 Å². The molecule has 4 atom stereocenters. The molecule has 540 valence electrons. The fourth-order valence-corrected chi connectivity index (χ4v) is 12.0. The van der Waals surface area contributed by atoms with Crippen molar-refractivity contribution < 1.29 is 175 Å². The largest absolute Gasteiger partial charge is 1.00 e. The number of aromatic amines is 4. The van der Waals surface area contributed by atoms with Crippen molar-refractivity contribution in [3.8, 4) is 11.1 Å². The van der Waals surface area contributed by atoms with Crippen LogP contribution in [-0.4, -0.2) is 147 Å². The van der Waals surface area contributed by atoms with Gasteiger partial charge in [-0.15, -0.1) is 0 Å². The molecule has 0 saturated carbocycles. The van der Waals surface area contributed by atoms with Crippen molar-refractivity contribution in [2.24, 2.45) is 0 Å². The molecule has 4 amide bonds. The number of nitrogens with one attached hydrogen (secondary N) is 6. The predicted octanol–water partition coefficient (Wildman–Crippen LogP) is 0.0495. The summed E-state index contributed by atoms with van der Waals surface area (Å²) in [7, 11) is -0.981. The number of benzene rings is 6. The van der Waals surface area contributed by atoms with Gasteiger partial charge in [-0.25, -0.2) is 27.2 Å². The minimum absolute atomic E-state index is 0. The van der Waals surface area contributed by atoms with Crippen LogP contribution < -0.4 is 147 Å². The smallest absolute Gasteiger partial charge is 1.00 e. The van der Waals surface area contributed by atoms with Crippen molar-refractivity contribution in [1.29, 1.82) is 0 Å². The van der Waals surface area contributed by atoms with Gasteiger partial charge < -0.3 is 51.3 Å². The molecule has 38 heteroatoms. The maximum atomic E-state index is 15.7. The monoisotopic (exact) mass is 1620 g/mol. The molecular weight excluding hydrogens is 1550 g/mol. The van der Waals surface area contributed by atoms with E-state index in [1.807, 2.05) is 27.7 Å². The van der Waals surface area contributed by atoms with Gasteiger partial charge in [0.25, 0.3) is 17.6 Å². The number of H-pyrrole nitrogens is 4. The number of amides is 4. The quantitative estimate of drug-likeness (QED) is 0.0222. The molecule has 0 spiro atoms. The van der Waals surface area contributed by atoms with Gasteiger partial charge >= 0.3 is 121 Å². The average Bonchev–Trinajstić information content (AvgIpc) is 1.65. The van der Waals surface area contributed by atoms with E-state index in [1.165, 1.54) is 71.7 Å². The number of anilines is 2. The number of ketones is 2. The van der Waals surface area contributed by atoms with E-state index in [0.29, 0.717) is 38.3 Å². The molecule has 6 aromatic carbocycles. The van der Waals surface area contributed by atoms with Gasteiger partial charge in [-0.3, -0.25) is 62.5 Å². The van der Waals surface area contributed by atoms with Crippen molar-refractivity contribution >= 4 is 161 Å². The zero-order valence-electron chi connectivity index (χ0n) is 58.3. The van der Waals surface area contributed by atoms with Crippen LogP contribution in [0.15, 0.2) is 145 Å². The number of hydrogen-bond acceptors (Lipinski definition) is 19.